The summed E-state index contributed by atoms with van der Waals surface area (Å²) in [5, 5.41) is 2.73. The predicted molar refractivity (Wildman–Crippen MR) is 53.3 cm³/mol. The Bertz CT molecular complexity index is 328. The van der Waals surface area contributed by atoms with Crippen LogP contribution in [0.4, 0.5) is 4.79 Å². The van der Waals surface area contributed by atoms with E-state index in [9.17, 15) is 4.79 Å². The maximum Gasteiger partial charge on any atom is 0.408 e. The number of carbonyl (C=O) groups excluding carboxylic acids is 1. The van der Waals surface area contributed by atoms with Crippen molar-refractivity contribution in [2.45, 2.75) is 12.1 Å². The lowest BCUT2D eigenvalue weighted by Crippen LogP contribution is -2.23. The summed E-state index contributed by atoms with van der Waals surface area (Å²) in [4.78, 5) is 11.0. The summed E-state index contributed by atoms with van der Waals surface area (Å²) in [7, 11) is 0. The maximum atomic E-state index is 11.0. The molecule has 1 aliphatic heterocycles. The molecule has 1 heterocycles. The van der Waals surface area contributed by atoms with E-state index < -0.39 is 6.09 Å². The first-order valence-electron chi connectivity index (χ1n) is 4.39. The number of ether oxygens (including phenoxy) is 1. The largest absolute Gasteiger partial charge is 0.442 e. The van der Waals surface area contributed by atoms with Crippen molar-refractivity contribution in [1.29, 1.82) is 0 Å². The van der Waals surface area contributed by atoms with E-state index in [-0.39, 0.29) is 12.1 Å². The van der Waals surface area contributed by atoms with Gasteiger partial charge in [-0.2, -0.15) is 0 Å². The molecule has 3 nitrogen and oxygen atoms in total. The molecule has 74 valence electrons. The Balaban J connectivity index is 2.22. The molecule has 0 aromatic heterocycles. The van der Waals surface area contributed by atoms with Gasteiger partial charge in [-0.3, -0.25) is 0 Å². The summed E-state index contributed by atoms with van der Waals surface area (Å²) in [5.74, 6) is 0.304. The molecule has 2 atom stereocenters. The quantitative estimate of drug-likeness (QED) is 0.761. The zero-order valence-electron chi connectivity index (χ0n) is 7.44. The van der Waals surface area contributed by atoms with Crippen LogP contribution in [-0.4, -0.2) is 18.1 Å². The van der Waals surface area contributed by atoms with E-state index in [0.29, 0.717) is 5.88 Å². The van der Waals surface area contributed by atoms with Crippen molar-refractivity contribution in [3.8, 4) is 0 Å². The standard InChI is InChI=1S/C10H10ClNO2/c11-6-8-9(12-10(13)14-8)7-4-2-1-3-5-7/h1-5,8-9H,6H2,(H,12,13)/t8-,9-/m1/s1. The Labute approximate surface area is 87.0 Å². The SMILES string of the molecule is O=C1N[C@H](c2ccccc2)[C@@H](CCl)O1. The molecular weight excluding hydrogens is 202 g/mol. The third-order valence-electron chi connectivity index (χ3n) is 2.21. The number of nitrogens with one attached hydrogen (secondary N) is 1. The van der Waals surface area contributed by atoms with Crippen LogP contribution in [0.25, 0.3) is 0 Å². The topological polar surface area (TPSA) is 38.3 Å². The van der Waals surface area contributed by atoms with Gasteiger partial charge in [-0.15, -0.1) is 11.6 Å². The number of amides is 1. The van der Waals surface area contributed by atoms with Gasteiger partial charge >= 0.3 is 6.09 Å². The number of hydrogen-bond donors (Lipinski definition) is 1. The van der Waals surface area contributed by atoms with Crippen LogP contribution in [0.3, 0.4) is 0 Å². The van der Waals surface area contributed by atoms with Gasteiger partial charge in [0.1, 0.15) is 6.10 Å². The van der Waals surface area contributed by atoms with Crippen LogP contribution in [-0.2, 0) is 4.74 Å². The minimum Gasteiger partial charge on any atom is -0.442 e. The average molecular weight is 212 g/mol. The third kappa shape index (κ3) is 1.68. The van der Waals surface area contributed by atoms with Crippen molar-refractivity contribution in [2.75, 3.05) is 5.88 Å². The number of benzene rings is 1. The van der Waals surface area contributed by atoms with Crippen LogP contribution in [0.15, 0.2) is 30.3 Å². The molecule has 0 radical (unpaired) electrons. The van der Waals surface area contributed by atoms with Crippen LogP contribution < -0.4 is 5.32 Å². The second-order valence-corrected chi connectivity index (χ2v) is 3.44. The van der Waals surface area contributed by atoms with Gasteiger partial charge in [0, 0.05) is 0 Å². The minimum absolute atomic E-state index is 0.124. The number of hydrogen-bond acceptors (Lipinski definition) is 2. The van der Waals surface area contributed by atoms with E-state index in [0.717, 1.165) is 5.56 Å². The first-order chi connectivity index (χ1) is 6.81. The van der Waals surface area contributed by atoms with E-state index in [4.69, 9.17) is 16.3 Å². The Morgan fingerprint density at radius 3 is 2.71 bits per heavy atom. The van der Waals surface area contributed by atoms with E-state index >= 15 is 0 Å². The Hall–Kier alpha value is -1.22. The average Bonchev–Trinajstić information content (AvgIpc) is 2.61. The van der Waals surface area contributed by atoms with Crippen molar-refractivity contribution in [3.05, 3.63) is 35.9 Å². The van der Waals surface area contributed by atoms with E-state index in [2.05, 4.69) is 5.32 Å². The fourth-order valence-corrected chi connectivity index (χ4v) is 1.78. The summed E-state index contributed by atoms with van der Waals surface area (Å²) in [6.07, 6.45) is -0.670. The summed E-state index contributed by atoms with van der Waals surface area (Å²) < 4.78 is 5.00. The second-order valence-electron chi connectivity index (χ2n) is 3.13. The number of carbonyl (C=O) groups is 1. The molecule has 0 saturated carbocycles. The van der Waals surface area contributed by atoms with Crippen LogP contribution in [0.5, 0.6) is 0 Å². The van der Waals surface area contributed by atoms with E-state index in [1.807, 2.05) is 30.3 Å². The molecule has 2 rings (SSSR count). The highest BCUT2D eigenvalue weighted by atomic mass is 35.5. The first kappa shape index (κ1) is 9.34. The maximum absolute atomic E-state index is 11.0. The number of rotatable bonds is 2. The molecule has 0 bridgehead atoms. The van der Waals surface area contributed by atoms with Crippen molar-refractivity contribution in [3.63, 3.8) is 0 Å². The molecule has 14 heavy (non-hydrogen) atoms. The number of halogens is 1. The molecule has 1 aromatic carbocycles. The summed E-state index contributed by atoms with van der Waals surface area (Å²) >= 11 is 5.70. The van der Waals surface area contributed by atoms with Gasteiger partial charge in [-0.25, -0.2) is 4.79 Å². The minimum atomic E-state index is -0.399. The van der Waals surface area contributed by atoms with E-state index in [1.165, 1.54) is 0 Å². The molecule has 0 spiro atoms. The molecule has 1 fully saturated rings. The molecule has 0 unspecified atom stereocenters. The smallest absolute Gasteiger partial charge is 0.408 e. The summed E-state index contributed by atoms with van der Waals surface area (Å²) in [6.45, 7) is 0. The van der Waals surface area contributed by atoms with Gasteiger partial charge in [0.15, 0.2) is 0 Å². The summed E-state index contributed by atoms with van der Waals surface area (Å²) in [5.41, 5.74) is 1.02. The zero-order valence-corrected chi connectivity index (χ0v) is 8.20. The van der Waals surface area contributed by atoms with Gasteiger partial charge in [0.2, 0.25) is 0 Å². The molecular formula is C10H10ClNO2. The van der Waals surface area contributed by atoms with Crippen LogP contribution in [0.2, 0.25) is 0 Å². The van der Waals surface area contributed by atoms with Gasteiger partial charge in [-0.05, 0) is 5.56 Å². The normalized spacial score (nSPS) is 25.6. The zero-order chi connectivity index (χ0) is 9.97. The van der Waals surface area contributed by atoms with Crippen molar-refractivity contribution in [2.24, 2.45) is 0 Å². The van der Waals surface area contributed by atoms with Crippen LogP contribution in [0.1, 0.15) is 11.6 Å². The molecule has 1 N–H and O–H groups in total. The number of cyclic esters (lactones) is 1. The highest BCUT2D eigenvalue weighted by Gasteiger charge is 2.34. The second kappa shape index (κ2) is 3.88. The monoisotopic (exact) mass is 211 g/mol. The molecule has 1 amide bonds. The van der Waals surface area contributed by atoms with Crippen LogP contribution in [0, 0.1) is 0 Å². The van der Waals surface area contributed by atoms with Crippen molar-refractivity contribution < 1.29 is 9.53 Å². The number of alkyl halides is 1. The van der Waals surface area contributed by atoms with Gasteiger partial charge < -0.3 is 10.1 Å². The highest BCUT2D eigenvalue weighted by molar-refractivity contribution is 6.18. The third-order valence-corrected chi connectivity index (χ3v) is 2.52. The predicted octanol–water partition coefficient (Wildman–Crippen LogP) is 2.07. The lowest BCUT2D eigenvalue weighted by atomic mass is 10.0. The van der Waals surface area contributed by atoms with Gasteiger partial charge in [0.05, 0.1) is 11.9 Å². The Morgan fingerprint density at radius 1 is 1.36 bits per heavy atom. The van der Waals surface area contributed by atoms with Crippen molar-refractivity contribution in [1.82, 2.24) is 5.32 Å². The molecule has 1 aromatic rings. The molecule has 1 aliphatic rings. The molecule has 4 heteroatoms. The van der Waals surface area contributed by atoms with Crippen LogP contribution >= 0.6 is 11.6 Å². The first-order valence-corrected chi connectivity index (χ1v) is 4.93. The van der Waals surface area contributed by atoms with Gasteiger partial charge in [0.25, 0.3) is 0 Å². The molecule has 1 saturated heterocycles. The van der Waals surface area contributed by atoms with Gasteiger partial charge in [-0.1, -0.05) is 30.3 Å². The highest BCUT2D eigenvalue weighted by Crippen LogP contribution is 2.25. The number of alkyl carbamates (subject to hydrolysis) is 1. The summed E-state index contributed by atoms with van der Waals surface area (Å²) in [6, 6.07) is 9.53. The van der Waals surface area contributed by atoms with Crippen molar-refractivity contribution >= 4 is 17.7 Å². The van der Waals surface area contributed by atoms with E-state index in [1.54, 1.807) is 0 Å². The fraction of sp³-hybridized carbons (Fsp3) is 0.300. The Kier molecular flexibility index (Phi) is 2.59. The Morgan fingerprint density at radius 2 is 2.07 bits per heavy atom. The lowest BCUT2D eigenvalue weighted by molar-refractivity contribution is 0.143. The fourth-order valence-electron chi connectivity index (χ4n) is 1.54. The molecule has 0 aliphatic carbocycles. The lowest BCUT2D eigenvalue weighted by Gasteiger charge is -2.14.